The van der Waals surface area contributed by atoms with Gasteiger partial charge in [-0.1, -0.05) is 43.5 Å². The highest BCUT2D eigenvalue weighted by Gasteiger charge is 2.11. The quantitative estimate of drug-likeness (QED) is 0.659. The Morgan fingerprint density at radius 3 is 2.46 bits per heavy atom. The van der Waals surface area contributed by atoms with E-state index in [9.17, 15) is 9.59 Å². The smallest absolute Gasteiger partial charge is 0.269 e. The largest absolute Gasteiger partial charge is 0.352 e. The molecule has 0 aliphatic heterocycles. The van der Waals surface area contributed by atoms with Crippen molar-refractivity contribution in [3.8, 4) is 0 Å². The summed E-state index contributed by atoms with van der Waals surface area (Å²) in [6.45, 7) is 3.23. The number of carbonyl (C=O) groups excluding carboxylic acids is 2. The maximum absolute atomic E-state index is 12.2. The van der Waals surface area contributed by atoms with Gasteiger partial charge >= 0.3 is 0 Å². The number of unbranched alkanes of at least 4 members (excludes halogenated alkanes) is 2. The van der Waals surface area contributed by atoms with Crippen molar-refractivity contribution in [1.29, 1.82) is 0 Å². The predicted molar refractivity (Wildman–Crippen MR) is 104 cm³/mol. The summed E-state index contributed by atoms with van der Waals surface area (Å²) in [5.41, 5.74) is 1.77. The van der Waals surface area contributed by atoms with Gasteiger partial charge < -0.3 is 10.6 Å². The molecule has 0 aliphatic carbocycles. The summed E-state index contributed by atoms with van der Waals surface area (Å²) in [6, 6.07) is 10.6. The number of aromatic nitrogens is 1. The number of carbonyl (C=O) groups is 2. The van der Waals surface area contributed by atoms with E-state index in [2.05, 4.69) is 22.5 Å². The molecule has 26 heavy (non-hydrogen) atoms. The molecule has 1 aromatic carbocycles. The highest BCUT2D eigenvalue weighted by Crippen LogP contribution is 2.09. The highest BCUT2D eigenvalue weighted by molar-refractivity contribution is 6.30. The molecule has 1 aromatic heterocycles. The maximum Gasteiger partial charge on any atom is 0.269 e. The van der Waals surface area contributed by atoms with Crippen molar-refractivity contribution < 1.29 is 9.59 Å². The van der Waals surface area contributed by atoms with Crippen LogP contribution in [0.5, 0.6) is 0 Å². The lowest BCUT2D eigenvalue weighted by atomic mass is 10.1. The molecule has 2 N–H and O–H groups in total. The van der Waals surface area contributed by atoms with E-state index in [1.165, 1.54) is 12.3 Å². The Kier molecular flexibility index (Phi) is 8.09. The normalized spacial score (nSPS) is 10.4. The van der Waals surface area contributed by atoms with Crippen molar-refractivity contribution in [2.75, 3.05) is 13.1 Å². The van der Waals surface area contributed by atoms with Crippen molar-refractivity contribution in [2.24, 2.45) is 0 Å². The van der Waals surface area contributed by atoms with Crippen LogP contribution in [0.1, 0.15) is 52.6 Å². The molecule has 0 atom stereocenters. The molecule has 2 aromatic rings. The van der Waals surface area contributed by atoms with Crippen molar-refractivity contribution >= 4 is 23.4 Å². The van der Waals surface area contributed by atoms with Gasteiger partial charge in [0, 0.05) is 29.9 Å². The van der Waals surface area contributed by atoms with Crippen LogP contribution < -0.4 is 10.6 Å². The fourth-order valence-electron chi connectivity index (χ4n) is 2.44. The van der Waals surface area contributed by atoms with Crippen molar-refractivity contribution in [3.05, 3.63) is 64.4 Å². The molecular formula is C20H24ClN3O2. The molecule has 0 radical (unpaired) electrons. The van der Waals surface area contributed by atoms with Gasteiger partial charge in [0.15, 0.2) is 0 Å². The van der Waals surface area contributed by atoms with E-state index in [0.717, 1.165) is 24.8 Å². The van der Waals surface area contributed by atoms with Crippen LogP contribution in [0.2, 0.25) is 5.02 Å². The van der Waals surface area contributed by atoms with E-state index >= 15 is 0 Å². The van der Waals surface area contributed by atoms with Crippen LogP contribution >= 0.6 is 11.6 Å². The van der Waals surface area contributed by atoms with E-state index in [1.54, 1.807) is 6.07 Å². The molecule has 5 nitrogen and oxygen atoms in total. The molecule has 0 aliphatic rings. The molecule has 1 heterocycles. The molecule has 0 bridgehead atoms. The number of halogens is 1. The Morgan fingerprint density at radius 2 is 1.73 bits per heavy atom. The SMILES string of the molecule is CCCCCNC(=O)c1ccnc(C(=O)NCCc2ccc(Cl)cc2)c1. The topological polar surface area (TPSA) is 71.1 Å². The predicted octanol–water partition coefficient (Wildman–Crippen LogP) is 3.63. The second-order valence-corrected chi connectivity index (χ2v) is 6.46. The van der Waals surface area contributed by atoms with E-state index in [-0.39, 0.29) is 17.5 Å². The van der Waals surface area contributed by atoms with Crippen LogP contribution in [-0.2, 0) is 6.42 Å². The van der Waals surface area contributed by atoms with Crippen molar-refractivity contribution in [2.45, 2.75) is 32.6 Å². The second-order valence-electron chi connectivity index (χ2n) is 6.03. The standard InChI is InChI=1S/C20H24ClN3O2/c1-2-3-4-11-23-19(25)16-10-13-22-18(14-16)20(26)24-12-9-15-5-7-17(21)8-6-15/h5-8,10,13-14H,2-4,9,11-12H2,1H3,(H,23,25)(H,24,26). The zero-order chi connectivity index (χ0) is 18.8. The Labute approximate surface area is 159 Å². The average molecular weight is 374 g/mol. The van der Waals surface area contributed by atoms with Crippen LogP contribution in [0.15, 0.2) is 42.6 Å². The van der Waals surface area contributed by atoms with Crippen LogP contribution in [-0.4, -0.2) is 29.9 Å². The summed E-state index contributed by atoms with van der Waals surface area (Å²) in [4.78, 5) is 28.4. The van der Waals surface area contributed by atoms with Crippen LogP contribution in [0.4, 0.5) is 0 Å². The summed E-state index contributed by atoms with van der Waals surface area (Å²) in [5, 5.41) is 6.37. The second kappa shape index (κ2) is 10.6. The first-order chi connectivity index (χ1) is 12.6. The minimum absolute atomic E-state index is 0.182. The number of rotatable bonds is 9. The van der Waals surface area contributed by atoms with E-state index in [1.807, 2.05) is 24.3 Å². The van der Waals surface area contributed by atoms with Gasteiger partial charge in [0.1, 0.15) is 5.69 Å². The van der Waals surface area contributed by atoms with Crippen LogP contribution in [0.3, 0.4) is 0 Å². The summed E-state index contributed by atoms with van der Waals surface area (Å²) >= 11 is 5.85. The number of hydrogen-bond acceptors (Lipinski definition) is 3. The first-order valence-corrected chi connectivity index (χ1v) is 9.25. The summed E-state index contributed by atoms with van der Waals surface area (Å²) in [6.07, 6.45) is 5.31. The molecule has 2 amide bonds. The van der Waals surface area contributed by atoms with Crippen molar-refractivity contribution in [3.63, 3.8) is 0 Å². The van der Waals surface area contributed by atoms with Gasteiger partial charge in [-0.3, -0.25) is 14.6 Å². The molecule has 0 saturated carbocycles. The Morgan fingerprint density at radius 1 is 1.00 bits per heavy atom. The third-order valence-corrected chi connectivity index (χ3v) is 4.19. The van der Waals surface area contributed by atoms with Crippen LogP contribution in [0.25, 0.3) is 0 Å². The lowest BCUT2D eigenvalue weighted by Crippen LogP contribution is -2.28. The molecule has 0 saturated heterocycles. The number of hydrogen-bond donors (Lipinski definition) is 2. The number of nitrogens with zero attached hydrogens (tertiary/aromatic N) is 1. The van der Waals surface area contributed by atoms with Gasteiger partial charge in [-0.15, -0.1) is 0 Å². The number of benzene rings is 1. The summed E-state index contributed by atoms with van der Waals surface area (Å²) in [7, 11) is 0. The highest BCUT2D eigenvalue weighted by atomic mass is 35.5. The molecule has 0 unspecified atom stereocenters. The minimum Gasteiger partial charge on any atom is -0.352 e. The maximum atomic E-state index is 12.2. The van der Waals surface area contributed by atoms with E-state index in [4.69, 9.17) is 11.6 Å². The number of nitrogens with one attached hydrogen (secondary N) is 2. The van der Waals surface area contributed by atoms with Crippen LogP contribution in [0, 0.1) is 0 Å². The van der Waals surface area contributed by atoms with Gasteiger partial charge in [-0.25, -0.2) is 0 Å². The third-order valence-electron chi connectivity index (χ3n) is 3.93. The monoisotopic (exact) mass is 373 g/mol. The van der Waals surface area contributed by atoms with E-state index < -0.39 is 0 Å². The lowest BCUT2D eigenvalue weighted by Gasteiger charge is -2.07. The summed E-state index contributed by atoms with van der Waals surface area (Å²) < 4.78 is 0. The molecule has 0 spiro atoms. The Balaban J connectivity index is 1.84. The molecule has 0 fully saturated rings. The van der Waals surface area contributed by atoms with Gasteiger partial charge in [-0.05, 0) is 42.7 Å². The molecule has 2 rings (SSSR count). The Bertz CT molecular complexity index is 732. The first-order valence-electron chi connectivity index (χ1n) is 8.87. The van der Waals surface area contributed by atoms with Crippen molar-refractivity contribution in [1.82, 2.24) is 15.6 Å². The Hall–Kier alpha value is -2.40. The van der Waals surface area contributed by atoms with Gasteiger partial charge in [0.05, 0.1) is 0 Å². The van der Waals surface area contributed by atoms with Gasteiger partial charge in [-0.2, -0.15) is 0 Å². The lowest BCUT2D eigenvalue weighted by molar-refractivity contribution is 0.0949. The first kappa shape index (κ1) is 19.9. The third kappa shape index (κ3) is 6.48. The minimum atomic E-state index is -0.292. The number of amides is 2. The van der Waals surface area contributed by atoms with E-state index in [0.29, 0.717) is 30.1 Å². The molecule has 6 heteroatoms. The number of pyridine rings is 1. The summed E-state index contributed by atoms with van der Waals surface area (Å²) in [5.74, 6) is -0.474. The fourth-order valence-corrected chi connectivity index (χ4v) is 2.56. The fraction of sp³-hybridized carbons (Fsp3) is 0.350. The molecule has 138 valence electrons. The zero-order valence-electron chi connectivity index (χ0n) is 14.9. The average Bonchev–Trinajstić information content (AvgIpc) is 2.66. The van der Waals surface area contributed by atoms with Gasteiger partial charge in [0.2, 0.25) is 0 Å². The molecular weight excluding hydrogens is 350 g/mol. The van der Waals surface area contributed by atoms with Gasteiger partial charge in [0.25, 0.3) is 11.8 Å². The zero-order valence-corrected chi connectivity index (χ0v) is 15.7.